The van der Waals surface area contributed by atoms with E-state index in [-0.39, 0.29) is 12.4 Å². The van der Waals surface area contributed by atoms with E-state index in [1.54, 1.807) is 12.1 Å². The van der Waals surface area contributed by atoms with Gasteiger partial charge in [-0.05, 0) is 93.1 Å². The lowest BCUT2D eigenvalue weighted by atomic mass is 9.87. The fourth-order valence-electron chi connectivity index (χ4n) is 4.05. The van der Waals surface area contributed by atoms with Crippen LogP contribution in [0.4, 0.5) is 0 Å². The van der Waals surface area contributed by atoms with E-state index in [2.05, 4.69) is 31.1 Å². The molecule has 2 aromatic rings. The van der Waals surface area contributed by atoms with Crippen molar-refractivity contribution in [2.45, 2.75) is 32.1 Å². The van der Waals surface area contributed by atoms with Crippen LogP contribution in [0.1, 0.15) is 36.8 Å². The normalized spacial score (nSPS) is 17.5. The molecule has 0 spiro atoms. The Morgan fingerprint density at radius 2 is 1.70 bits per heavy atom. The van der Waals surface area contributed by atoms with Gasteiger partial charge in [-0.25, -0.2) is 0 Å². The topological polar surface area (TPSA) is 43.7 Å². The number of hydrogen-bond donors (Lipinski definition) is 2. The van der Waals surface area contributed by atoms with Gasteiger partial charge in [-0.15, -0.1) is 12.4 Å². The van der Waals surface area contributed by atoms with E-state index < -0.39 is 0 Å². The Labute approximate surface area is 168 Å². The summed E-state index contributed by atoms with van der Waals surface area (Å²) < 4.78 is 0. The third kappa shape index (κ3) is 6.02. The summed E-state index contributed by atoms with van der Waals surface area (Å²) in [6, 6.07) is 15.3. The van der Waals surface area contributed by atoms with Crippen LogP contribution in [0.2, 0.25) is 0 Å². The molecule has 1 unspecified atom stereocenters. The Bertz CT molecular complexity index is 785. The van der Waals surface area contributed by atoms with Crippen molar-refractivity contribution in [1.82, 2.24) is 4.90 Å². The zero-order valence-corrected chi connectivity index (χ0v) is 17.0. The van der Waals surface area contributed by atoms with Gasteiger partial charge in [0.1, 0.15) is 11.5 Å². The second-order valence-corrected chi connectivity index (χ2v) is 7.71. The lowest BCUT2D eigenvalue weighted by Gasteiger charge is -2.20. The number of aromatic hydroxyl groups is 2. The molecule has 0 aromatic heterocycles. The molecule has 1 aliphatic rings. The number of phenolic OH excluding ortho intramolecular Hbond substituents is 2. The molecule has 2 N–H and O–H groups in total. The number of halogens is 1. The maximum absolute atomic E-state index is 9.95. The zero-order chi connectivity index (χ0) is 18.5. The van der Waals surface area contributed by atoms with Gasteiger partial charge in [0, 0.05) is 6.54 Å². The monoisotopic (exact) mass is 387 g/mol. The second-order valence-electron chi connectivity index (χ2n) is 7.71. The maximum atomic E-state index is 9.95. The minimum atomic E-state index is 0. The van der Waals surface area contributed by atoms with Gasteiger partial charge in [-0.2, -0.15) is 0 Å². The number of benzene rings is 2. The van der Waals surface area contributed by atoms with E-state index >= 15 is 0 Å². The summed E-state index contributed by atoms with van der Waals surface area (Å²) in [4.78, 5) is 2.23. The van der Waals surface area contributed by atoms with Crippen LogP contribution < -0.4 is 0 Å². The number of phenols is 2. The Balaban J connectivity index is 0.00000261. The molecule has 0 heterocycles. The summed E-state index contributed by atoms with van der Waals surface area (Å²) in [7, 11) is 4.23. The average molecular weight is 388 g/mol. The summed E-state index contributed by atoms with van der Waals surface area (Å²) >= 11 is 0. The van der Waals surface area contributed by atoms with Crippen LogP contribution >= 0.6 is 12.4 Å². The van der Waals surface area contributed by atoms with Gasteiger partial charge in [-0.3, -0.25) is 0 Å². The van der Waals surface area contributed by atoms with E-state index in [9.17, 15) is 10.2 Å². The molecule has 0 aliphatic heterocycles. The minimum Gasteiger partial charge on any atom is -0.508 e. The molecule has 3 rings (SSSR count). The second kappa shape index (κ2) is 9.82. The number of likely N-dealkylation sites (N-methyl/N-ethyl adjacent to an activating group) is 1. The van der Waals surface area contributed by atoms with Crippen molar-refractivity contribution in [2.75, 3.05) is 20.6 Å². The van der Waals surface area contributed by atoms with Crippen molar-refractivity contribution in [3.05, 3.63) is 65.2 Å². The van der Waals surface area contributed by atoms with Gasteiger partial charge >= 0.3 is 0 Å². The van der Waals surface area contributed by atoms with Crippen LogP contribution in [0.15, 0.2) is 54.1 Å². The van der Waals surface area contributed by atoms with Crippen molar-refractivity contribution >= 4 is 18.0 Å². The lowest BCUT2D eigenvalue weighted by molar-refractivity contribution is 0.436. The molecule has 4 heteroatoms. The van der Waals surface area contributed by atoms with Crippen LogP contribution in [-0.2, 0) is 6.42 Å². The van der Waals surface area contributed by atoms with Gasteiger partial charge in [0.2, 0.25) is 0 Å². The highest BCUT2D eigenvalue weighted by atomic mass is 35.5. The predicted octanol–water partition coefficient (Wildman–Crippen LogP) is 5.27. The van der Waals surface area contributed by atoms with Gasteiger partial charge in [-0.1, -0.05) is 29.8 Å². The van der Waals surface area contributed by atoms with E-state index in [0.717, 1.165) is 31.4 Å². The van der Waals surface area contributed by atoms with E-state index in [4.69, 9.17) is 0 Å². The third-order valence-electron chi connectivity index (χ3n) is 5.15. The molecule has 2 aromatic carbocycles. The average Bonchev–Trinajstić information content (AvgIpc) is 2.77. The van der Waals surface area contributed by atoms with Crippen LogP contribution in [0, 0.1) is 5.92 Å². The molecule has 0 radical (unpaired) electrons. The molecular formula is C23H30ClNO2. The number of rotatable bonds is 5. The molecule has 0 fully saturated rings. The summed E-state index contributed by atoms with van der Waals surface area (Å²) in [5.41, 5.74) is 5.21. The summed E-state index contributed by atoms with van der Waals surface area (Å²) in [5, 5.41) is 19.7. The molecular weight excluding hydrogens is 358 g/mol. The number of allylic oxidation sites excluding steroid dienone is 1. The first-order chi connectivity index (χ1) is 12.5. The number of hydrogen-bond acceptors (Lipinski definition) is 3. The van der Waals surface area contributed by atoms with Crippen molar-refractivity contribution in [2.24, 2.45) is 5.92 Å². The maximum Gasteiger partial charge on any atom is 0.116 e. The molecule has 146 valence electrons. The van der Waals surface area contributed by atoms with Crippen molar-refractivity contribution in [1.29, 1.82) is 0 Å². The smallest absolute Gasteiger partial charge is 0.116 e. The molecule has 1 aliphatic carbocycles. The Morgan fingerprint density at radius 1 is 1.00 bits per heavy atom. The van der Waals surface area contributed by atoms with Crippen LogP contribution in [-0.4, -0.2) is 35.8 Å². The van der Waals surface area contributed by atoms with Crippen molar-refractivity contribution < 1.29 is 10.2 Å². The van der Waals surface area contributed by atoms with Gasteiger partial charge in [0.15, 0.2) is 0 Å². The molecule has 0 amide bonds. The van der Waals surface area contributed by atoms with Crippen molar-refractivity contribution in [3.63, 3.8) is 0 Å². The third-order valence-corrected chi connectivity index (χ3v) is 5.15. The molecule has 1 atom stereocenters. The first kappa shape index (κ1) is 21.3. The largest absolute Gasteiger partial charge is 0.508 e. The summed E-state index contributed by atoms with van der Waals surface area (Å²) in [5.74, 6) is 1.22. The molecule has 0 saturated heterocycles. The molecule has 0 saturated carbocycles. The standard InChI is InChI=1S/C23H29NO2.ClH/c1-24(2)16-20-9-3-6-18(12-17-7-4-10-21(25)13-17)14-23(20)19-8-5-11-22(26)15-19;/h4-5,7-8,10-11,13,15,18,25-26H,3,6,9,12,14,16H2,1-2H3;1H. The quantitative estimate of drug-likeness (QED) is 0.734. The van der Waals surface area contributed by atoms with Crippen molar-refractivity contribution in [3.8, 4) is 11.5 Å². The Morgan fingerprint density at radius 3 is 2.37 bits per heavy atom. The van der Waals surface area contributed by atoms with Gasteiger partial charge < -0.3 is 15.1 Å². The van der Waals surface area contributed by atoms with E-state index in [1.165, 1.54) is 29.6 Å². The summed E-state index contributed by atoms with van der Waals surface area (Å²) in [6.07, 6.45) is 5.48. The fraction of sp³-hybridized carbons (Fsp3) is 0.391. The highest BCUT2D eigenvalue weighted by Crippen LogP contribution is 2.37. The highest BCUT2D eigenvalue weighted by Gasteiger charge is 2.21. The predicted molar refractivity (Wildman–Crippen MR) is 115 cm³/mol. The Kier molecular flexibility index (Phi) is 7.76. The minimum absolute atomic E-state index is 0. The van der Waals surface area contributed by atoms with E-state index in [0.29, 0.717) is 17.4 Å². The molecule has 0 bridgehead atoms. The summed E-state index contributed by atoms with van der Waals surface area (Å²) in [6.45, 7) is 0.962. The Hall–Kier alpha value is -1.97. The first-order valence-electron chi connectivity index (χ1n) is 9.44. The van der Waals surface area contributed by atoms with Gasteiger partial charge in [0.25, 0.3) is 0 Å². The molecule has 27 heavy (non-hydrogen) atoms. The number of nitrogens with zero attached hydrogens (tertiary/aromatic N) is 1. The highest BCUT2D eigenvalue weighted by molar-refractivity contribution is 5.85. The fourth-order valence-corrected chi connectivity index (χ4v) is 4.05. The SMILES string of the molecule is CN(C)CC1=C(c2cccc(O)c2)CC(Cc2cccc(O)c2)CCC1.Cl. The molecule has 3 nitrogen and oxygen atoms in total. The zero-order valence-electron chi connectivity index (χ0n) is 16.2. The van der Waals surface area contributed by atoms with Gasteiger partial charge in [0.05, 0.1) is 0 Å². The lowest BCUT2D eigenvalue weighted by Crippen LogP contribution is -2.16. The van der Waals surface area contributed by atoms with E-state index in [1.807, 2.05) is 24.3 Å². The van der Waals surface area contributed by atoms with Crippen LogP contribution in [0.3, 0.4) is 0 Å². The van der Waals surface area contributed by atoms with Crippen LogP contribution in [0.25, 0.3) is 5.57 Å². The first-order valence-corrected chi connectivity index (χ1v) is 9.44. The van der Waals surface area contributed by atoms with Crippen LogP contribution in [0.5, 0.6) is 11.5 Å².